The fourth-order valence-corrected chi connectivity index (χ4v) is 2.71. The quantitative estimate of drug-likeness (QED) is 0.625. The van der Waals surface area contributed by atoms with Crippen molar-refractivity contribution < 1.29 is 24.0 Å². The lowest BCUT2D eigenvalue weighted by Crippen LogP contribution is -2.15. The molecule has 0 saturated heterocycles. The first-order valence-electron chi connectivity index (χ1n) is 9.07. The molecule has 1 amide bonds. The summed E-state index contributed by atoms with van der Waals surface area (Å²) >= 11 is 0. The number of amides is 1. The molecular weight excluding hydrogens is 376 g/mol. The number of aryl methyl sites for hydroxylation is 1. The van der Waals surface area contributed by atoms with Crippen LogP contribution in [-0.4, -0.2) is 32.1 Å². The standard InChI is InChI=1S/C20H18N4O5/c1-11-15(20(26)27)8-9-16(21-11)18(25)22-13-4-6-14(7-5-13)28-10-17-23-19(29-24-17)12-2-3-12/h4-9,12H,2-3,10H2,1H3,(H,22,25)(H,26,27). The molecule has 2 N–H and O–H groups in total. The van der Waals surface area contributed by atoms with Crippen LogP contribution in [0.15, 0.2) is 40.9 Å². The van der Waals surface area contributed by atoms with Crippen LogP contribution in [0.4, 0.5) is 5.69 Å². The molecule has 9 nitrogen and oxygen atoms in total. The average molecular weight is 394 g/mol. The van der Waals surface area contributed by atoms with Gasteiger partial charge >= 0.3 is 5.97 Å². The third-order valence-electron chi connectivity index (χ3n) is 4.44. The van der Waals surface area contributed by atoms with Crippen LogP contribution in [-0.2, 0) is 6.61 Å². The Kier molecular flexibility index (Phi) is 4.94. The van der Waals surface area contributed by atoms with Crippen LogP contribution in [0.5, 0.6) is 5.75 Å². The summed E-state index contributed by atoms with van der Waals surface area (Å²) in [6.45, 7) is 1.74. The van der Waals surface area contributed by atoms with Gasteiger partial charge in [-0.2, -0.15) is 4.98 Å². The van der Waals surface area contributed by atoms with Crippen molar-refractivity contribution in [2.24, 2.45) is 0 Å². The molecule has 0 radical (unpaired) electrons. The summed E-state index contributed by atoms with van der Waals surface area (Å²) in [5, 5.41) is 15.6. The number of nitrogens with zero attached hydrogens (tertiary/aromatic N) is 3. The van der Waals surface area contributed by atoms with Gasteiger partial charge in [-0.15, -0.1) is 0 Å². The topological polar surface area (TPSA) is 127 Å². The van der Waals surface area contributed by atoms with Crippen molar-refractivity contribution >= 4 is 17.6 Å². The summed E-state index contributed by atoms with van der Waals surface area (Å²) in [4.78, 5) is 31.7. The van der Waals surface area contributed by atoms with Crippen LogP contribution >= 0.6 is 0 Å². The molecular formula is C20H18N4O5. The van der Waals surface area contributed by atoms with E-state index in [-0.39, 0.29) is 23.6 Å². The summed E-state index contributed by atoms with van der Waals surface area (Å²) in [5.74, 6) is 0.649. The first kappa shape index (κ1) is 18.6. The van der Waals surface area contributed by atoms with E-state index >= 15 is 0 Å². The van der Waals surface area contributed by atoms with E-state index in [1.807, 2.05) is 0 Å². The van der Waals surface area contributed by atoms with Crippen molar-refractivity contribution in [3.05, 3.63) is 65.1 Å². The van der Waals surface area contributed by atoms with Gasteiger partial charge in [0, 0.05) is 11.6 Å². The maximum atomic E-state index is 12.3. The summed E-state index contributed by atoms with van der Waals surface area (Å²) in [5.41, 5.74) is 1.03. The Balaban J connectivity index is 1.34. The average Bonchev–Trinajstić information content (AvgIpc) is 3.45. The number of anilines is 1. The number of ether oxygens (including phenoxy) is 1. The zero-order valence-corrected chi connectivity index (χ0v) is 15.6. The fraction of sp³-hybridized carbons (Fsp3) is 0.250. The van der Waals surface area contributed by atoms with E-state index in [1.54, 1.807) is 31.2 Å². The number of carboxylic acids is 1. The Bertz CT molecular complexity index is 1060. The Morgan fingerprint density at radius 3 is 2.59 bits per heavy atom. The van der Waals surface area contributed by atoms with Crippen LogP contribution in [0, 0.1) is 6.92 Å². The second-order valence-electron chi connectivity index (χ2n) is 6.72. The number of pyridine rings is 1. The monoisotopic (exact) mass is 394 g/mol. The molecule has 1 fully saturated rings. The minimum atomic E-state index is -1.08. The van der Waals surface area contributed by atoms with Gasteiger partial charge in [0.15, 0.2) is 6.61 Å². The predicted octanol–water partition coefficient (Wildman–Crippen LogP) is 3.18. The first-order valence-corrected chi connectivity index (χ1v) is 9.07. The van der Waals surface area contributed by atoms with Crippen LogP contribution in [0.1, 0.15) is 57.0 Å². The molecule has 0 bridgehead atoms. The van der Waals surface area contributed by atoms with Gasteiger partial charge < -0.3 is 19.7 Å². The molecule has 4 rings (SSSR count). The van der Waals surface area contributed by atoms with Crippen LogP contribution in [0.25, 0.3) is 0 Å². The van der Waals surface area contributed by atoms with Crippen LogP contribution < -0.4 is 10.1 Å². The van der Waals surface area contributed by atoms with Crippen molar-refractivity contribution in [2.75, 3.05) is 5.32 Å². The molecule has 0 aliphatic heterocycles. The molecule has 1 aliphatic rings. The minimum Gasteiger partial charge on any atom is -0.485 e. The highest BCUT2D eigenvalue weighted by Gasteiger charge is 2.29. The van der Waals surface area contributed by atoms with Crippen LogP contribution in [0.3, 0.4) is 0 Å². The third-order valence-corrected chi connectivity index (χ3v) is 4.44. The lowest BCUT2D eigenvalue weighted by atomic mass is 10.2. The fourth-order valence-electron chi connectivity index (χ4n) is 2.71. The van der Waals surface area contributed by atoms with Crippen molar-refractivity contribution in [2.45, 2.75) is 32.3 Å². The van der Waals surface area contributed by atoms with E-state index in [2.05, 4.69) is 20.4 Å². The van der Waals surface area contributed by atoms with Gasteiger partial charge in [0.25, 0.3) is 5.91 Å². The lowest BCUT2D eigenvalue weighted by Gasteiger charge is -2.08. The normalized spacial score (nSPS) is 13.1. The molecule has 2 aromatic heterocycles. The number of carbonyl (C=O) groups is 2. The number of carbonyl (C=O) groups excluding carboxylic acids is 1. The number of rotatable bonds is 7. The van der Waals surface area contributed by atoms with Gasteiger partial charge in [0.05, 0.1) is 11.3 Å². The Labute approximate surface area is 165 Å². The van der Waals surface area contributed by atoms with Gasteiger partial charge in [-0.25, -0.2) is 9.78 Å². The number of benzene rings is 1. The molecule has 3 aromatic rings. The molecule has 9 heteroatoms. The molecule has 29 heavy (non-hydrogen) atoms. The van der Waals surface area contributed by atoms with E-state index in [0.717, 1.165) is 12.8 Å². The van der Waals surface area contributed by atoms with Gasteiger partial charge in [-0.3, -0.25) is 4.79 Å². The Morgan fingerprint density at radius 1 is 1.17 bits per heavy atom. The zero-order chi connectivity index (χ0) is 20.4. The number of nitrogens with one attached hydrogen (secondary N) is 1. The van der Waals surface area contributed by atoms with E-state index in [4.69, 9.17) is 14.4 Å². The van der Waals surface area contributed by atoms with Crippen molar-refractivity contribution in [1.29, 1.82) is 0 Å². The largest absolute Gasteiger partial charge is 0.485 e. The summed E-state index contributed by atoms with van der Waals surface area (Å²) in [6, 6.07) is 9.55. The third kappa shape index (κ3) is 4.40. The first-order chi connectivity index (χ1) is 14.0. The molecule has 1 saturated carbocycles. The predicted molar refractivity (Wildman–Crippen MR) is 101 cm³/mol. The van der Waals surface area contributed by atoms with E-state index in [0.29, 0.717) is 29.1 Å². The highest BCUT2D eigenvalue weighted by Crippen LogP contribution is 2.38. The Hall–Kier alpha value is -3.75. The number of hydrogen-bond donors (Lipinski definition) is 2. The number of aromatic carboxylic acids is 1. The van der Waals surface area contributed by atoms with Gasteiger partial charge in [-0.1, -0.05) is 5.16 Å². The van der Waals surface area contributed by atoms with Crippen molar-refractivity contribution in [1.82, 2.24) is 15.1 Å². The molecule has 2 heterocycles. The molecule has 1 aliphatic carbocycles. The minimum absolute atomic E-state index is 0.0638. The maximum absolute atomic E-state index is 12.3. The van der Waals surface area contributed by atoms with Gasteiger partial charge in [-0.05, 0) is 56.2 Å². The van der Waals surface area contributed by atoms with Crippen molar-refractivity contribution in [3.8, 4) is 5.75 Å². The van der Waals surface area contributed by atoms with Crippen molar-refractivity contribution in [3.63, 3.8) is 0 Å². The molecule has 0 atom stereocenters. The summed E-state index contributed by atoms with van der Waals surface area (Å²) in [6.07, 6.45) is 2.18. The second-order valence-corrected chi connectivity index (χ2v) is 6.72. The highest BCUT2D eigenvalue weighted by atomic mass is 16.5. The smallest absolute Gasteiger partial charge is 0.337 e. The van der Waals surface area contributed by atoms with Gasteiger partial charge in [0.1, 0.15) is 11.4 Å². The Morgan fingerprint density at radius 2 is 1.93 bits per heavy atom. The lowest BCUT2D eigenvalue weighted by molar-refractivity contribution is 0.0695. The molecule has 0 unspecified atom stereocenters. The van der Waals surface area contributed by atoms with Gasteiger partial charge in [0.2, 0.25) is 11.7 Å². The molecule has 148 valence electrons. The second kappa shape index (κ2) is 7.70. The summed E-state index contributed by atoms with van der Waals surface area (Å²) < 4.78 is 10.8. The SMILES string of the molecule is Cc1nc(C(=O)Nc2ccc(OCc3noc(C4CC4)n3)cc2)ccc1C(=O)O. The van der Waals surface area contributed by atoms with E-state index < -0.39 is 11.9 Å². The number of carboxylic acid groups (broad SMARTS) is 1. The van der Waals surface area contributed by atoms with Crippen LogP contribution in [0.2, 0.25) is 0 Å². The molecule has 0 spiro atoms. The summed E-state index contributed by atoms with van der Waals surface area (Å²) in [7, 11) is 0. The maximum Gasteiger partial charge on any atom is 0.337 e. The zero-order valence-electron chi connectivity index (χ0n) is 15.6. The van der Waals surface area contributed by atoms with E-state index in [9.17, 15) is 9.59 Å². The number of hydrogen-bond acceptors (Lipinski definition) is 7. The molecule has 1 aromatic carbocycles. The highest BCUT2D eigenvalue weighted by molar-refractivity contribution is 6.03. The number of aromatic nitrogens is 3. The van der Waals surface area contributed by atoms with E-state index in [1.165, 1.54) is 12.1 Å².